The van der Waals surface area contributed by atoms with Crippen LogP contribution < -0.4 is 10.6 Å². The zero-order valence-corrected chi connectivity index (χ0v) is 18.6. The van der Waals surface area contributed by atoms with Gasteiger partial charge in [0.15, 0.2) is 5.11 Å². The van der Waals surface area contributed by atoms with Crippen molar-refractivity contribution < 1.29 is 4.79 Å². The number of benzene rings is 3. The molecule has 0 saturated carbocycles. The Morgan fingerprint density at radius 1 is 1.03 bits per heavy atom. The number of nitrogens with one attached hydrogen (secondary N) is 2. The Kier molecular flexibility index (Phi) is 6.29. The minimum absolute atomic E-state index is 0.155. The van der Waals surface area contributed by atoms with Gasteiger partial charge in [-0.1, -0.05) is 65.7 Å². The second-order valence-corrected chi connectivity index (χ2v) is 8.74. The number of thiocarbonyl (C=S) groups is 1. The maximum absolute atomic E-state index is 12.3. The van der Waals surface area contributed by atoms with Crippen LogP contribution in [0.25, 0.3) is 20.8 Å². The van der Waals surface area contributed by atoms with Crippen LogP contribution in [0.2, 0.25) is 10.0 Å². The lowest BCUT2D eigenvalue weighted by Crippen LogP contribution is -2.35. The molecule has 1 aromatic heterocycles. The molecule has 0 bridgehead atoms. The molecule has 0 spiro atoms. The molecule has 0 saturated heterocycles. The van der Waals surface area contributed by atoms with E-state index >= 15 is 0 Å². The Morgan fingerprint density at radius 2 is 1.77 bits per heavy atom. The third kappa shape index (κ3) is 4.79. The van der Waals surface area contributed by atoms with Crippen molar-refractivity contribution in [3.8, 4) is 10.6 Å². The highest BCUT2D eigenvalue weighted by Crippen LogP contribution is 2.40. The molecule has 4 nitrogen and oxygen atoms in total. The molecular formula is C22H15Cl2N3OS2. The number of nitrogens with zero attached hydrogens (tertiary/aromatic N) is 1. The van der Waals surface area contributed by atoms with Gasteiger partial charge in [-0.3, -0.25) is 4.79 Å². The molecule has 4 rings (SSSR count). The lowest BCUT2D eigenvalue weighted by atomic mass is 10.1. The van der Waals surface area contributed by atoms with Gasteiger partial charge >= 0.3 is 0 Å². The summed E-state index contributed by atoms with van der Waals surface area (Å²) >= 11 is 19.6. The number of aromatic nitrogens is 1. The Bertz CT molecular complexity index is 1210. The molecule has 0 aliphatic heterocycles. The standard InChI is InChI=1S/C22H15Cl2N3OS2/c23-14-11-15(21-25-17-8-4-5-9-18(17)30-21)20(16(24)12-14)27-22(29)26-19(28)10-13-6-2-1-3-7-13/h1-9,11-12H,10H2,(H2,26,27,28,29). The third-order valence-electron chi connectivity index (χ3n) is 4.28. The molecule has 0 atom stereocenters. The normalized spacial score (nSPS) is 10.7. The number of thiazole rings is 1. The third-order valence-corrected chi connectivity index (χ3v) is 6.07. The maximum Gasteiger partial charge on any atom is 0.230 e. The highest BCUT2D eigenvalue weighted by atomic mass is 35.5. The van der Waals surface area contributed by atoms with Crippen LogP contribution in [0.1, 0.15) is 5.56 Å². The van der Waals surface area contributed by atoms with Crippen molar-refractivity contribution in [2.24, 2.45) is 0 Å². The molecule has 0 fully saturated rings. The van der Waals surface area contributed by atoms with Gasteiger partial charge < -0.3 is 10.6 Å². The molecular weight excluding hydrogens is 457 g/mol. The van der Waals surface area contributed by atoms with E-state index < -0.39 is 0 Å². The van der Waals surface area contributed by atoms with Crippen LogP contribution >= 0.6 is 46.8 Å². The zero-order valence-electron chi connectivity index (χ0n) is 15.5. The molecule has 150 valence electrons. The summed E-state index contributed by atoms with van der Waals surface area (Å²) in [6.45, 7) is 0. The van der Waals surface area contributed by atoms with E-state index in [-0.39, 0.29) is 17.4 Å². The lowest BCUT2D eigenvalue weighted by Gasteiger charge is -2.14. The highest BCUT2D eigenvalue weighted by molar-refractivity contribution is 7.80. The molecule has 30 heavy (non-hydrogen) atoms. The van der Waals surface area contributed by atoms with Gasteiger partial charge in [0.25, 0.3) is 0 Å². The van der Waals surface area contributed by atoms with Crippen molar-refractivity contribution in [2.75, 3.05) is 5.32 Å². The highest BCUT2D eigenvalue weighted by Gasteiger charge is 2.17. The summed E-state index contributed by atoms with van der Waals surface area (Å²) in [5, 5.41) is 7.51. The zero-order chi connectivity index (χ0) is 21.1. The van der Waals surface area contributed by atoms with Gasteiger partial charge in [-0.2, -0.15) is 0 Å². The van der Waals surface area contributed by atoms with Crippen molar-refractivity contribution in [3.63, 3.8) is 0 Å². The molecule has 0 unspecified atom stereocenters. The second-order valence-electron chi connectivity index (χ2n) is 6.46. The molecule has 4 aromatic rings. The van der Waals surface area contributed by atoms with Gasteiger partial charge in [0, 0.05) is 10.6 Å². The molecule has 1 heterocycles. The van der Waals surface area contributed by atoms with Crippen LogP contribution in [-0.4, -0.2) is 16.0 Å². The fraction of sp³-hybridized carbons (Fsp3) is 0.0455. The molecule has 1 amide bonds. The van der Waals surface area contributed by atoms with E-state index in [1.807, 2.05) is 54.6 Å². The van der Waals surface area contributed by atoms with Crippen LogP contribution in [0.3, 0.4) is 0 Å². The molecule has 0 aliphatic rings. The molecule has 3 aromatic carbocycles. The van der Waals surface area contributed by atoms with Crippen LogP contribution in [0, 0.1) is 0 Å². The van der Waals surface area contributed by atoms with Crippen LogP contribution in [0.4, 0.5) is 5.69 Å². The predicted octanol–water partition coefficient (Wildman–Crippen LogP) is 6.33. The predicted molar refractivity (Wildman–Crippen MR) is 130 cm³/mol. The van der Waals surface area contributed by atoms with Gasteiger partial charge in [0.05, 0.1) is 27.3 Å². The number of halogens is 2. The average Bonchev–Trinajstić information content (AvgIpc) is 3.14. The summed E-state index contributed by atoms with van der Waals surface area (Å²) in [6, 6.07) is 20.7. The Hall–Kier alpha value is -2.51. The minimum atomic E-state index is -0.217. The van der Waals surface area contributed by atoms with Gasteiger partial charge in [-0.15, -0.1) is 11.3 Å². The molecule has 2 N–H and O–H groups in total. The summed E-state index contributed by atoms with van der Waals surface area (Å²) in [5.74, 6) is -0.217. The SMILES string of the molecule is O=C(Cc1ccccc1)NC(=S)Nc1c(Cl)cc(Cl)cc1-c1nc2ccccc2s1. The van der Waals surface area contributed by atoms with E-state index in [4.69, 9.17) is 35.4 Å². The number of carbonyl (C=O) groups excluding carboxylic acids is 1. The van der Waals surface area contributed by atoms with Crippen LogP contribution in [0.5, 0.6) is 0 Å². The topological polar surface area (TPSA) is 54.0 Å². The monoisotopic (exact) mass is 471 g/mol. The van der Waals surface area contributed by atoms with Gasteiger partial charge in [0.2, 0.25) is 5.91 Å². The Morgan fingerprint density at radius 3 is 2.53 bits per heavy atom. The summed E-state index contributed by atoms with van der Waals surface area (Å²) < 4.78 is 1.05. The van der Waals surface area contributed by atoms with Crippen molar-refractivity contribution in [3.05, 3.63) is 82.3 Å². The number of para-hydroxylation sites is 1. The quantitative estimate of drug-likeness (QED) is 0.341. The summed E-state index contributed by atoms with van der Waals surface area (Å²) in [7, 11) is 0. The number of carbonyl (C=O) groups is 1. The first kappa shape index (κ1) is 20.8. The second kappa shape index (κ2) is 9.10. The van der Waals surface area contributed by atoms with Crippen LogP contribution in [0.15, 0.2) is 66.7 Å². The maximum atomic E-state index is 12.3. The number of rotatable bonds is 4. The van der Waals surface area contributed by atoms with Crippen molar-refractivity contribution >= 4 is 73.7 Å². The van der Waals surface area contributed by atoms with Gasteiger partial charge in [0.1, 0.15) is 5.01 Å². The molecule has 8 heteroatoms. The number of fused-ring (bicyclic) bond motifs is 1. The van der Waals surface area contributed by atoms with Crippen molar-refractivity contribution in [1.82, 2.24) is 10.3 Å². The Labute approximate surface area is 192 Å². The van der Waals surface area contributed by atoms with Crippen molar-refractivity contribution in [1.29, 1.82) is 0 Å². The summed E-state index contributed by atoms with van der Waals surface area (Å²) in [5.41, 5.74) is 3.05. The Balaban J connectivity index is 1.57. The summed E-state index contributed by atoms with van der Waals surface area (Å²) in [4.78, 5) is 17.0. The van der Waals surface area contributed by atoms with Gasteiger partial charge in [-0.25, -0.2) is 4.98 Å². The smallest absolute Gasteiger partial charge is 0.230 e. The molecule has 0 aliphatic carbocycles. The van der Waals surface area contributed by atoms with E-state index in [9.17, 15) is 4.79 Å². The van der Waals surface area contributed by atoms with Crippen molar-refractivity contribution in [2.45, 2.75) is 6.42 Å². The number of hydrogen-bond acceptors (Lipinski definition) is 4. The number of anilines is 1. The fourth-order valence-electron chi connectivity index (χ4n) is 2.95. The first-order chi connectivity index (χ1) is 14.5. The average molecular weight is 472 g/mol. The lowest BCUT2D eigenvalue weighted by molar-refractivity contribution is -0.119. The first-order valence-electron chi connectivity index (χ1n) is 8.99. The van der Waals surface area contributed by atoms with Crippen LogP contribution in [-0.2, 0) is 11.2 Å². The van der Waals surface area contributed by atoms with E-state index in [1.54, 1.807) is 12.1 Å². The van der Waals surface area contributed by atoms with E-state index in [1.165, 1.54) is 11.3 Å². The largest absolute Gasteiger partial charge is 0.331 e. The molecule has 0 radical (unpaired) electrons. The summed E-state index contributed by atoms with van der Waals surface area (Å²) in [6.07, 6.45) is 0.224. The first-order valence-corrected chi connectivity index (χ1v) is 11.0. The number of hydrogen-bond donors (Lipinski definition) is 2. The van der Waals surface area contributed by atoms with E-state index in [0.29, 0.717) is 21.3 Å². The fourth-order valence-corrected chi connectivity index (χ4v) is 4.70. The minimum Gasteiger partial charge on any atom is -0.331 e. The van der Waals surface area contributed by atoms with Gasteiger partial charge in [-0.05, 0) is 42.0 Å². The van der Waals surface area contributed by atoms with E-state index in [0.717, 1.165) is 20.8 Å². The number of amides is 1. The van der Waals surface area contributed by atoms with E-state index in [2.05, 4.69) is 15.6 Å².